The molecular formula is C26H24N6O3. The molecule has 1 amide bonds. The van der Waals surface area contributed by atoms with E-state index in [9.17, 15) is 10.1 Å². The van der Waals surface area contributed by atoms with E-state index in [4.69, 9.17) is 9.26 Å². The molecule has 0 fully saturated rings. The van der Waals surface area contributed by atoms with Crippen molar-refractivity contribution in [2.45, 2.75) is 45.8 Å². The summed E-state index contributed by atoms with van der Waals surface area (Å²) in [6.07, 6.45) is 3.14. The van der Waals surface area contributed by atoms with Crippen molar-refractivity contribution in [2.24, 2.45) is 0 Å². The van der Waals surface area contributed by atoms with Crippen LogP contribution in [0, 0.1) is 18.3 Å². The highest BCUT2D eigenvalue weighted by Gasteiger charge is 2.28. The van der Waals surface area contributed by atoms with E-state index in [1.54, 1.807) is 24.4 Å². The number of benzene rings is 2. The molecule has 0 unspecified atom stereocenters. The van der Waals surface area contributed by atoms with Crippen LogP contribution in [0.1, 0.15) is 59.3 Å². The first-order chi connectivity index (χ1) is 16.9. The Hall–Kier alpha value is -4.45. The van der Waals surface area contributed by atoms with Gasteiger partial charge in [-0.15, -0.1) is 0 Å². The van der Waals surface area contributed by atoms with Gasteiger partial charge in [-0.25, -0.2) is 4.98 Å². The van der Waals surface area contributed by atoms with E-state index in [0.29, 0.717) is 34.4 Å². The predicted molar refractivity (Wildman–Crippen MR) is 128 cm³/mol. The fourth-order valence-electron chi connectivity index (χ4n) is 4.33. The predicted octanol–water partition coefficient (Wildman–Crippen LogP) is 4.51. The summed E-state index contributed by atoms with van der Waals surface area (Å²) in [5, 5.41) is 16.8. The Kier molecular flexibility index (Phi) is 5.79. The maximum Gasteiger partial charge on any atom is 0.287 e. The Balaban J connectivity index is 1.40. The highest BCUT2D eigenvalue weighted by molar-refractivity contribution is 5.91. The van der Waals surface area contributed by atoms with E-state index >= 15 is 0 Å². The number of carbonyl (C=O) groups is 1. The highest BCUT2D eigenvalue weighted by Crippen LogP contribution is 2.37. The van der Waals surface area contributed by atoms with Gasteiger partial charge >= 0.3 is 0 Å². The third-order valence-electron chi connectivity index (χ3n) is 5.87. The van der Waals surface area contributed by atoms with E-state index in [0.717, 1.165) is 35.2 Å². The summed E-state index contributed by atoms with van der Waals surface area (Å²) >= 11 is 0. The number of fused-ring (bicyclic) bond motifs is 1. The summed E-state index contributed by atoms with van der Waals surface area (Å²) in [7, 11) is 0. The fraction of sp³-hybridized carbons (Fsp3) is 0.269. The molecule has 2 aromatic carbocycles. The van der Waals surface area contributed by atoms with Crippen LogP contribution in [0.2, 0.25) is 0 Å². The summed E-state index contributed by atoms with van der Waals surface area (Å²) in [6, 6.07) is 13.2. The van der Waals surface area contributed by atoms with Crippen LogP contribution in [0.5, 0.6) is 5.75 Å². The van der Waals surface area contributed by atoms with E-state index < -0.39 is 0 Å². The minimum Gasteiger partial charge on any atom is -0.490 e. The molecule has 0 saturated carbocycles. The normalized spacial score (nSPS) is 14.5. The quantitative estimate of drug-likeness (QED) is 0.426. The van der Waals surface area contributed by atoms with Gasteiger partial charge in [0, 0.05) is 23.0 Å². The molecule has 9 heteroatoms. The van der Waals surface area contributed by atoms with Crippen LogP contribution in [0.4, 0.5) is 0 Å². The molecule has 0 radical (unpaired) electrons. The first kappa shape index (κ1) is 22.3. The lowest BCUT2D eigenvalue weighted by atomic mass is 10.0. The van der Waals surface area contributed by atoms with Crippen LogP contribution in [-0.2, 0) is 6.42 Å². The first-order valence-electron chi connectivity index (χ1n) is 11.4. The average Bonchev–Trinajstić information content (AvgIpc) is 3.59. The molecule has 0 spiro atoms. The zero-order chi connectivity index (χ0) is 24.5. The number of nitrogens with zero attached hydrogens (tertiary/aromatic N) is 4. The number of rotatable bonds is 6. The Morgan fingerprint density at radius 2 is 2.17 bits per heavy atom. The molecule has 2 aromatic heterocycles. The van der Waals surface area contributed by atoms with Crippen LogP contribution in [0.15, 0.2) is 47.1 Å². The van der Waals surface area contributed by atoms with E-state index in [1.807, 2.05) is 39.0 Å². The third kappa shape index (κ3) is 4.38. The molecule has 9 nitrogen and oxygen atoms in total. The maximum absolute atomic E-state index is 12.6. The molecule has 0 saturated heterocycles. The van der Waals surface area contributed by atoms with Crippen molar-refractivity contribution in [3.05, 3.63) is 70.8 Å². The smallest absolute Gasteiger partial charge is 0.287 e. The Labute approximate surface area is 202 Å². The topological polar surface area (TPSA) is 130 Å². The SMILES string of the molecule is Cc1cnc(C(=O)N[C@H]2CCc3c(-c4noc(-c5ccc(OC(C)C)c(C#N)c5)n4)cccc32)[nH]1. The van der Waals surface area contributed by atoms with Crippen molar-refractivity contribution < 1.29 is 14.1 Å². The molecule has 1 aliphatic carbocycles. The number of aromatic nitrogens is 4. The fourth-order valence-corrected chi connectivity index (χ4v) is 4.33. The summed E-state index contributed by atoms with van der Waals surface area (Å²) in [6.45, 7) is 5.67. The van der Waals surface area contributed by atoms with Crippen LogP contribution in [-0.4, -0.2) is 32.1 Å². The largest absolute Gasteiger partial charge is 0.490 e. The first-order valence-corrected chi connectivity index (χ1v) is 11.4. The van der Waals surface area contributed by atoms with Gasteiger partial charge in [-0.3, -0.25) is 4.79 Å². The van der Waals surface area contributed by atoms with Gasteiger partial charge in [-0.1, -0.05) is 23.4 Å². The van der Waals surface area contributed by atoms with Crippen LogP contribution in [0.25, 0.3) is 22.8 Å². The van der Waals surface area contributed by atoms with Crippen molar-refractivity contribution >= 4 is 5.91 Å². The maximum atomic E-state index is 12.6. The lowest BCUT2D eigenvalue weighted by Gasteiger charge is -2.13. The number of nitriles is 1. The standard InChI is InChI=1S/C26H24N6O3/c1-14(2)34-22-10-7-16(11-17(22)12-27)26-31-23(32-35-26)20-6-4-5-19-18(20)8-9-21(19)30-25(33)24-28-13-15(3)29-24/h4-7,10-11,13-14,21H,8-9H2,1-3H3,(H,28,29)(H,30,33)/t21-/m0/s1. The van der Waals surface area contributed by atoms with E-state index in [1.165, 1.54) is 0 Å². The number of aromatic amines is 1. The molecule has 1 aliphatic rings. The minimum atomic E-state index is -0.235. The molecule has 4 aromatic rings. The van der Waals surface area contributed by atoms with Crippen molar-refractivity contribution in [3.63, 3.8) is 0 Å². The molecule has 2 heterocycles. The van der Waals surface area contributed by atoms with Crippen LogP contribution >= 0.6 is 0 Å². The van der Waals surface area contributed by atoms with Gasteiger partial charge in [-0.2, -0.15) is 10.2 Å². The number of ether oxygens (including phenoxy) is 1. The number of nitrogens with one attached hydrogen (secondary N) is 2. The van der Waals surface area contributed by atoms with Gasteiger partial charge in [0.25, 0.3) is 11.8 Å². The minimum absolute atomic E-state index is 0.0417. The molecule has 2 N–H and O–H groups in total. The van der Waals surface area contributed by atoms with Crippen molar-refractivity contribution in [3.8, 4) is 34.7 Å². The van der Waals surface area contributed by atoms with Crippen molar-refractivity contribution in [2.75, 3.05) is 0 Å². The Bertz CT molecular complexity index is 1450. The van der Waals surface area contributed by atoms with Crippen LogP contribution < -0.4 is 10.1 Å². The summed E-state index contributed by atoms with van der Waals surface area (Å²) in [4.78, 5) is 24.3. The van der Waals surface area contributed by atoms with Gasteiger partial charge < -0.3 is 19.6 Å². The number of imidazole rings is 1. The molecule has 0 aliphatic heterocycles. The molecule has 5 rings (SSSR count). The third-order valence-corrected chi connectivity index (χ3v) is 5.87. The van der Waals surface area contributed by atoms with Crippen molar-refractivity contribution in [1.29, 1.82) is 5.26 Å². The lowest BCUT2D eigenvalue weighted by molar-refractivity contribution is 0.0927. The second-order valence-electron chi connectivity index (χ2n) is 8.77. The van der Waals surface area contributed by atoms with Crippen molar-refractivity contribution in [1.82, 2.24) is 25.4 Å². The van der Waals surface area contributed by atoms with Gasteiger partial charge in [0.15, 0.2) is 5.82 Å². The lowest BCUT2D eigenvalue weighted by Crippen LogP contribution is -2.28. The van der Waals surface area contributed by atoms with Gasteiger partial charge in [-0.05, 0) is 62.9 Å². The number of hydrogen-bond donors (Lipinski definition) is 2. The van der Waals surface area contributed by atoms with Crippen LogP contribution in [0.3, 0.4) is 0 Å². The zero-order valence-corrected chi connectivity index (χ0v) is 19.6. The number of aryl methyl sites for hydroxylation is 1. The summed E-state index contributed by atoms with van der Waals surface area (Å²) < 4.78 is 11.2. The average molecular weight is 469 g/mol. The molecule has 176 valence electrons. The highest BCUT2D eigenvalue weighted by atomic mass is 16.5. The summed E-state index contributed by atoms with van der Waals surface area (Å²) in [5.74, 6) is 1.37. The zero-order valence-electron chi connectivity index (χ0n) is 19.6. The van der Waals surface area contributed by atoms with Gasteiger partial charge in [0.1, 0.15) is 11.8 Å². The van der Waals surface area contributed by atoms with Gasteiger partial charge in [0.05, 0.1) is 17.7 Å². The van der Waals surface area contributed by atoms with E-state index in [-0.39, 0.29) is 18.1 Å². The molecule has 0 bridgehead atoms. The molecule has 35 heavy (non-hydrogen) atoms. The Morgan fingerprint density at radius 1 is 1.31 bits per heavy atom. The summed E-state index contributed by atoms with van der Waals surface area (Å²) in [5.41, 5.74) is 4.86. The number of carbonyl (C=O) groups excluding carboxylic acids is 1. The number of amides is 1. The molecular weight excluding hydrogens is 444 g/mol. The monoisotopic (exact) mass is 468 g/mol. The van der Waals surface area contributed by atoms with E-state index in [2.05, 4.69) is 31.5 Å². The second-order valence-corrected chi connectivity index (χ2v) is 8.77. The number of hydrogen-bond acceptors (Lipinski definition) is 7. The molecule has 1 atom stereocenters. The second kappa shape index (κ2) is 9.06. The van der Waals surface area contributed by atoms with Gasteiger partial charge in [0.2, 0.25) is 5.82 Å². The number of H-pyrrole nitrogens is 1. The Morgan fingerprint density at radius 3 is 2.91 bits per heavy atom.